The number of hydrogen-bond donors (Lipinski definition) is 2. The molecule has 104 valence electrons. The van der Waals surface area contributed by atoms with Gasteiger partial charge in [0.15, 0.2) is 11.5 Å². The van der Waals surface area contributed by atoms with Crippen LogP contribution in [-0.4, -0.2) is 30.5 Å². The second-order valence-corrected chi connectivity index (χ2v) is 4.84. The fraction of sp³-hybridized carbons (Fsp3) is 0.462. The number of fused-ring (bicyclic) bond motifs is 1. The Kier molecular flexibility index (Phi) is 4.50. The fourth-order valence-corrected chi connectivity index (χ4v) is 2.14. The molecule has 0 spiro atoms. The van der Waals surface area contributed by atoms with Gasteiger partial charge in [0, 0.05) is 18.2 Å². The third-order valence-electron chi connectivity index (χ3n) is 2.86. The molecule has 5 nitrogen and oxygen atoms in total. The number of ether oxygens (including phenoxy) is 2. The number of carbonyl (C=O) groups is 1. The number of benzene rings is 1. The van der Waals surface area contributed by atoms with Gasteiger partial charge in [-0.3, -0.25) is 4.79 Å². The Morgan fingerprint density at radius 2 is 2.32 bits per heavy atom. The quantitative estimate of drug-likeness (QED) is 0.868. The van der Waals surface area contributed by atoms with E-state index in [1.807, 2.05) is 6.92 Å². The van der Waals surface area contributed by atoms with Crippen LogP contribution < -0.4 is 14.8 Å². The summed E-state index contributed by atoms with van der Waals surface area (Å²) >= 11 is 6.02. The molecule has 0 aromatic heterocycles. The van der Waals surface area contributed by atoms with Crippen molar-refractivity contribution in [1.29, 1.82) is 0 Å². The van der Waals surface area contributed by atoms with Gasteiger partial charge in [0.1, 0.15) is 0 Å². The summed E-state index contributed by atoms with van der Waals surface area (Å²) in [5.74, 6) is 0.748. The van der Waals surface area contributed by atoms with E-state index in [9.17, 15) is 4.79 Å². The van der Waals surface area contributed by atoms with E-state index < -0.39 is 0 Å². The number of carbonyl (C=O) groups excluding carboxylic acids is 1. The Balaban J connectivity index is 2.05. The van der Waals surface area contributed by atoms with E-state index in [1.165, 1.54) is 0 Å². The van der Waals surface area contributed by atoms with Gasteiger partial charge in [0.2, 0.25) is 6.79 Å². The molecular weight excluding hydrogens is 270 g/mol. The van der Waals surface area contributed by atoms with E-state index in [2.05, 4.69) is 5.32 Å². The molecule has 1 unspecified atom stereocenters. The Labute approximate surface area is 116 Å². The van der Waals surface area contributed by atoms with Crippen LogP contribution in [0.5, 0.6) is 11.5 Å². The van der Waals surface area contributed by atoms with Crippen LogP contribution in [0.2, 0.25) is 5.02 Å². The summed E-state index contributed by atoms with van der Waals surface area (Å²) in [5.41, 5.74) is 0.435. The zero-order valence-corrected chi connectivity index (χ0v) is 11.4. The number of amides is 1. The molecule has 0 bridgehead atoms. The summed E-state index contributed by atoms with van der Waals surface area (Å²) in [6.07, 6.45) is 1.38. The lowest BCUT2D eigenvalue weighted by Crippen LogP contribution is -2.32. The van der Waals surface area contributed by atoms with Crippen LogP contribution in [0.1, 0.15) is 30.1 Å². The third-order valence-corrected chi connectivity index (χ3v) is 3.14. The summed E-state index contributed by atoms with van der Waals surface area (Å²) in [6.45, 7) is 2.13. The Morgan fingerprint density at radius 3 is 3.05 bits per heavy atom. The summed E-state index contributed by atoms with van der Waals surface area (Å²) in [5, 5.41) is 12.0. The molecule has 1 atom stereocenters. The molecule has 2 rings (SSSR count). The first-order chi connectivity index (χ1) is 9.11. The highest BCUT2D eigenvalue weighted by atomic mass is 35.5. The third kappa shape index (κ3) is 3.30. The molecule has 1 aliphatic heterocycles. The number of hydrogen-bond acceptors (Lipinski definition) is 4. The number of rotatable bonds is 5. The average Bonchev–Trinajstić information content (AvgIpc) is 2.85. The minimum Gasteiger partial charge on any atom is -0.454 e. The van der Waals surface area contributed by atoms with Crippen LogP contribution in [-0.2, 0) is 0 Å². The van der Waals surface area contributed by atoms with E-state index in [-0.39, 0.29) is 25.3 Å². The summed E-state index contributed by atoms with van der Waals surface area (Å²) < 4.78 is 10.4. The highest BCUT2D eigenvalue weighted by Crippen LogP contribution is 2.39. The molecule has 19 heavy (non-hydrogen) atoms. The van der Waals surface area contributed by atoms with Crippen molar-refractivity contribution in [1.82, 2.24) is 5.32 Å². The lowest BCUT2D eigenvalue weighted by Gasteiger charge is -2.13. The normalized spacial score (nSPS) is 14.3. The van der Waals surface area contributed by atoms with Crippen molar-refractivity contribution in [2.75, 3.05) is 13.4 Å². The average molecular weight is 286 g/mol. The van der Waals surface area contributed by atoms with Crippen molar-refractivity contribution in [3.05, 3.63) is 22.7 Å². The predicted molar refractivity (Wildman–Crippen MR) is 70.8 cm³/mol. The predicted octanol–water partition coefficient (Wildman–Crippen LogP) is 1.96. The molecule has 1 amide bonds. The van der Waals surface area contributed by atoms with E-state index in [4.69, 9.17) is 26.2 Å². The number of aliphatic hydroxyl groups is 1. The number of halogens is 1. The molecule has 0 saturated carbocycles. The smallest absolute Gasteiger partial charge is 0.251 e. The van der Waals surface area contributed by atoms with Gasteiger partial charge in [0.05, 0.1) is 5.02 Å². The number of nitrogens with one attached hydrogen (secondary N) is 1. The minimum absolute atomic E-state index is 0.0103. The summed E-state index contributed by atoms with van der Waals surface area (Å²) in [4.78, 5) is 12.0. The van der Waals surface area contributed by atoms with E-state index >= 15 is 0 Å². The zero-order valence-electron chi connectivity index (χ0n) is 10.6. The Morgan fingerprint density at radius 1 is 1.53 bits per heavy atom. The lowest BCUT2D eigenvalue weighted by atomic mass is 10.1. The standard InChI is InChI=1S/C13H16ClNO4/c1-8(3-2-4-16)15-13(17)9-5-10(14)12-11(6-9)18-7-19-12/h5-6,8,16H,2-4,7H2,1H3,(H,15,17). The van der Waals surface area contributed by atoms with Crippen LogP contribution in [0.3, 0.4) is 0 Å². The van der Waals surface area contributed by atoms with Crippen molar-refractivity contribution >= 4 is 17.5 Å². The van der Waals surface area contributed by atoms with Gasteiger partial charge in [0.25, 0.3) is 5.91 Å². The van der Waals surface area contributed by atoms with Crippen molar-refractivity contribution in [3.63, 3.8) is 0 Å². The molecule has 0 fully saturated rings. The van der Waals surface area contributed by atoms with Crippen LogP contribution in [0, 0.1) is 0 Å². The van der Waals surface area contributed by atoms with Crippen molar-refractivity contribution in [3.8, 4) is 11.5 Å². The van der Waals surface area contributed by atoms with Crippen molar-refractivity contribution in [2.45, 2.75) is 25.8 Å². The van der Waals surface area contributed by atoms with Crippen LogP contribution in [0.25, 0.3) is 0 Å². The van der Waals surface area contributed by atoms with Gasteiger partial charge in [-0.15, -0.1) is 0 Å². The van der Waals surface area contributed by atoms with Crippen molar-refractivity contribution in [2.24, 2.45) is 0 Å². The molecule has 2 N–H and O–H groups in total. The molecule has 1 aromatic carbocycles. The Bertz CT molecular complexity index is 478. The maximum absolute atomic E-state index is 12.0. The van der Waals surface area contributed by atoms with Gasteiger partial charge in [-0.2, -0.15) is 0 Å². The Hall–Kier alpha value is -1.46. The number of aliphatic hydroxyl groups excluding tert-OH is 1. The molecule has 1 aromatic rings. The molecule has 6 heteroatoms. The molecular formula is C13H16ClNO4. The van der Waals surface area contributed by atoms with Gasteiger partial charge in [-0.25, -0.2) is 0 Å². The largest absolute Gasteiger partial charge is 0.454 e. The van der Waals surface area contributed by atoms with E-state index in [0.29, 0.717) is 28.5 Å². The maximum Gasteiger partial charge on any atom is 0.251 e. The molecule has 0 aliphatic carbocycles. The molecule has 1 aliphatic rings. The second kappa shape index (κ2) is 6.12. The minimum atomic E-state index is -0.217. The topological polar surface area (TPSA) is 67.8 Å². The zero-order chi connectivity index (χ0) is 13.8. The first kappa shape index (κ1) is 14.0. The van der Waals surface area contributed by atoms with E-state index in [1.54, 1.807) is 12.1 Å². The lowest BCUT2D eigenvalue weighted by molar-refractivity contribution is 0.0936. The fourth-order valence-electron chi connectivity index (χ4n) is 1.88. The van der Waals surface area contributed by atoms with Gasteiger partial charge in [-0.05, 0) is 31.9 Å². The van der Waals surface area contributed by atoms with Crippen LogP contribution >= 0.6 is 11.6 Å². The van der Waals surface area contributed by atoms with Crippen molar-refractivity contribution < 1.29 is 19.4 Å². The highest BCUT2D eigenvalue weighted by molar-refractivity contribution is 6.32. The SMILES string of the molecule is CC(CCCO)NC(=O)c1cc(Cl)c2c(c1)OCO2. The van der Waals surface area contributed by atoms with E-state index in [0.717, 1.165) is 6.42 Å². The first-order valence-electron chi connectivity index (χ1n) is 6.12. The molecule has 0 radical (unpaired) electrons. The first-order valence-corrected chi connectivity index (χ1v) is 6.50. The second-order valence-electron chi connectivity index (χ2n) is 4.43. The van der Waals surface area contributed by atoms with Gasteiger partial charge >= 0.3 is 0 Å². The van der Waals surface area contributed by atoms with Gasteiger partial charge < -0.3 is 19.9 Å². The molecule has 1 heterocycles. The molecule has 0 saturated heterocycles. The summed E-state index contributed by atoms with van der Waals surface area (Å²) in [7, 11) is 0. The monoisotopic (exact) mass is 285 g/mol. The van der Waals surface area contributed by atoms with Gasteiger partial charge in [-0.1, -0.05) is 11.6 Å². The van der Waals surface area contributed by atoms with Crippen LogP contribution in [0.4, 0.5) is 0 Å². The highest BCUT2D eigenvalue weighted by Gasteiger charge is 2.21. The van der Waals surface area contributed by atoms with Crippen LogP contribution in [0.15, 0.2) is 12.1 Å². The maximum atomic E-state index is 12.0. The summed E-state index contributed by atoms with van der Waals surface area (Å²) in [6, 6.07) is 3.16.